The molecular weight excluding hydrogens is 549 g/mol. The minimum absolute atomic E-state index is 0.0163. The molecule has 0 fully saturated rings. The van der Waals surface area contributed by atoms with E-state index in [9.17, 15) is 28.0 Å². The smallest absolute Gasteiger partial charge is 0.332 e. The van der Waals surface area contributed by atoms with Crippen molar-refractivity contribution in [2.45, 2.75) is 13.1 Å². The van der Waals surface area contributed by atoms with Crippen LogP contribution in [0.5, 0.6) is 5.75 Å². The van der Waals surface area contributed by atoms with Gasteiger partial charge in [-0.3, -0.25) is 18.6 Å². The number of hydrogen-bond acceptors (Lipinski definition) is 6. The summed E-state index contributed by atoms with van der Waals surface area (Å²) in [5.41, 5.74) is -0.564. The molecule has 0 atom stereocenters. The van der Waals surface area contributed by atoms with Gasteiger partial charge in [0.05, 0.1) is 36.3 Å². The molecule has 0 N–H and O–H groups in total. The zero-order valence-electron chi connectivity index (χ0n) is 21.0. The standard InChI is InChI=1S/C27H18ClF3N6O3/c1-35-13-33-22(34-35)12-37-26(38)23-20(36(27(37)39)11-14-6-18(29)25(31)19(30)7-14)8-16(9-21(23)40-2)17-5-3-4-15(10-32)24(17)28/h3-9,13H,11-12H2,1-2H3. The van der Waals surface area contributed by atoms with Crippen molar-refractivity contribution in [1.82, 2.24) is 23.9 Å². The van der Waals surface area contributed by atoms with Crippen LogP contribution in [0.4, 0.5) is 13.2 Å². The Bertz CT molecular complexity index is 1950. The number of aromatic nitrogens is 5. The Hall–Kier alpha value is -4.89. The zero-order valence-corrected chi connectivity index (χ0v) is 21.7. The van der Waals surface area contributed by atoms with E-state index < -0.39 is 35.2 Å². The van der Waals surface area contributed by atoms with Gasteiger partial charge in [-0.25, -0.2) is 22.9 Å². The molecule has 0 spiro atoms. The van der Waals surface area contributed by atoms with Gasteiger partial charge in [0.2, 0.25) is 0 Å². The van der Waals surface area contributed by atoms with Crippen LogP contribution in [0.25, 0.3) is 22.0 Å². The molecule has 0 aliphatic carbocycles. The molecule has 2 heterocycles. The van der Waals surface area contributed by atoms with Gasteiger partial charge in [-0.15, -0.1) is 0 Å². The molecule has 5 aromatic rings. The Balaban J connectivity index is 1.84. The molecule has 5 rings (SSSR count). The van der Waals surface area contributed by atoms with Crippen LogP contribution in [0.3, 0.4) is 0 Å². The van der Waals surface area contributed by atoms with Gasteiger partial charge in [-0.1, -0.05) is 23.7 Å². The summed E-state index contributed by atoms with van der Waals surface area (Å²) in [6.45, 7) is -0.737. The van der Waals surface area contributed by atoms with Crippen LogP contribution < -0.4 is 16.0 Å². The lowest BCUT2D eigenvalue weighted by Gasteiger charge is -2.17. The Labute approximate surface area is 228 Å². The van der Waals surface area contributed by atoms with Gasteiger partial charge in [-0.05, 0) is 41.5 Å². The second kappa shape index (κ2) is 10.3. The van der Waals surface area contributed by atoms with Gasteiger partial charge in [0, 0.05) is 12.6 Å². The zero-order chi connectivity index (χ0) is 28.7. The average molecular weight is 567 g/mol. The molecular formula is C27H18ClF3N6O3. The van der Waals surface area contributed by atoms with Crippen molar-refractivity contribution in [3.63, 3.8) is 0 Å². The van der Waals surface area contributed by atoms with Crippen LogP contribution >= 0.6 is 11.6 Å². The average Bonchev–Trinajstić information content (AvgIpc) is 3.35. The first kappa shape index (κ1) is 26.7. The van der Waals surface area contributed by atoms with Crippen LogP contribution in [0.2, 0.25) is 5.02 Å². The number of methoxy groups -OCH3 is 1. The molecule has 0 saturated heterocycles. The van der Waals surface area contributed by atoms with Crippen LogP contribution in [0, 0.1) is 28.8 Å². The number of halogens is 4. The van der Waals surface area contributed by atoms with Crippen LogP contribution in [0.15, 0.2) is 58.4 Å². The summed E-state index contributed by atoms with van der Waals surface area (Å²) in [5.74, 6) is -4.28. The highest BCUT2D eigenvalue weighted by molar-refractivity contribution is 6.34. The number of nitriles is 1. The summed E-state index contributed by atoms with van der Waals surface area (Å²) in [7, 11) is 2.95. The van der Waals surface area contributed by atoms with E-state index >= 15 is 0 Å². The van der Waals surface area contributed by atoms with Crippen molar-refractivity contribution in [1.29, 1.82) is 5.26 Å². The third-order valence-corrected chi connectivity index (χ3v) is 6.68. The molecule has 0 aliphatic heterocycles. The molecule has 0 saturated carbocycles. The van der Waals surface area contributed by atoms with Crippen LogP contribution in [0.1, 0.15) is 17.0 Å². The number of nitrogens with zero attached hydrogens (tertiary/aromatic N) is 6. The molecule has 0 bridgehead atoms. The minimum Gasteiger partial charge on any atom is -0.496 e. The summed E-state index contributed by atoms with van der Waals surface area (Å²) in [6.07, 6.45) is 1.40. The van der Waals surface area contributed by atoms with E-state index in [1.165, 1.54) is 36.3 Å². The molecule has 40 heavy (non-hydrogen) atoms. The normalized spacial score (nSPS) is 11.1. The fraction of sp³-hybridized carbons (Fsp3) is 0.148. The molecule has 13 heteroatoms. The molecule has 0 unspecified atom stereocenters. The van der Waals surface area contributed by atoms with Gasteiger partial charge in [0.15, 0.2) is 23.3 Å². The number of benzene rings is 3. The van der Waals surface area contributed by atoms with Gasteiger partial charge in [-0.2, -0.15) is 10.4 Å². The van der Waals surface area contributed by atoms with Crippen molar-refractivity contribution >= 4 is 22.5 Å². The summed E-state index contributed by atoms with van der Waals surface area (Å²) in [5, 5.41) is 13.7. The Morgan fingerprint density at radius 2 is 1.77 bits per heavy atom. The lowest BCUT2D eigenvalue weighted by Crippen LogP contribution is -2.41. The van der Waals surface area contributed by atoms with E-state index in [1.807, 2.05) is 6.07 Å². The van der Waals surface area contributed by atoms with Gasteiger partial charge in [0.1, 0.15) is 23.5 Å². The van der Waals surface area contributed by atoms with Crippen LogP contribution in [-0.2, 0) is 20.1 Å². The maximum atomic E-state index is 14.1. The largest absolute Gasteiger partial charge is 0.496 e. The number of aryl methyl sites for hydroxylation is 1. The van der Waals surface area contributed by atoms with Crippen LogP contribution in [-0.4, -0.2) is 31.0 Å². The maximum Gasteiger partial charge on any atom is 0.332 e. The third-order valence-electron chi connectivity index (χ3n) is 6.27. The highest BCUT2D eigenvalue weighted by Gasteiger charge is 2.22. The quantitative estimate of drug-likeness (QED) is 0.288. The number of fused-ring (bicyclic) bond motifs is 1. The molecule has 202 valence electrons. The van der Waals surface area contributed by atoms with Crippen molar-refractivity contribution < 1.29 is 17.9 Å². The SMILES string of the molecule is COc1cc(-c2cccc(C#N)c2Cl)cc2c1c(=O)n(Cc1ncn(C)n1)c(=O)n2Cc1cc(F)c(F)c(F)c1. The summed E-state index contributed by atoms with van der Waals surface area (Å²) >= 11 is 6.46. The first-order chi connectivity index (χ1) is 19.1. The first-order valence-corrected chi connectivity index (χ1v) is 12.0. The summed E-state index contributed by atoms with van der Waals surface area (Å²) in [6, 6.07) is 11.3. The van der Waals surface area contributed by atoms with Gasteiger partial charge >= 0.3 is 5.69 Å². The fourth-order valence-electron chi connectivity index (χ4n) is 4.43. The second-order valence-corrected chi connectivity index (χ2v) is 9.20. The molecule has 2 aromatic heterocycles. The highest BCUT2D eigenvalue weighted by Crippen LogP contribution is 2.35. The van der Waals surface area contributed by atoms with Gasteiger partial charge in [0.25, 0.3) is 5.56 Å². The maximum absolute atomic E-state index is 14.1. The Kier molecular flexibility index (Phi) is 6.91. The number of ether oxygens (including phenoxy) is 1. The monoisotopic (exact) mass is 566 g/mol. The van der Waals surface area contributed by atoms with Crippen molar-refractivity contribution in [2.24, 2.45) is 7.05 Å². The summed E-state index contributed by atoms with van der Waals surface area (Å²) in [4.78, 5) is 31.5. The third kappa shape index (κ3) is 4.60. The predicted molar refractivity (Wildman–Crippen MR) is 140 cm³/mol. The number of rotatable bonds is 6. The van der Waals surface area contributed by atoms with Crippen molar-refractivity contribution in [3.05, 3.63) is 109 Å². The topological polar surface area (TPSA) is 108 Å². The van der Waals surface area contributed by atoms with Gasteiger partial charge < -0.3 is 4.74 Å². The first-order valence-electron chi connectivity index (χ1n) is 11.6. The highest BCUT2D eigenvalue weighted by atomic mass is 35.5. The second-order valence-electron chi connectivity index (χ2n) is 8.82. The van der Waals surface area contributed by atoms with E-state index in [0.29, 0.717) is 11.1 Å². The van der Waals surface area contributed by atoms with Crippen molar-refractivity contribution in [2.75, 3.05) is 7.11 Å². The molecule has 9 nitrogen and oxygen atoms in total. The Morgan fingerprint density at radius 1 is 1.05 bits per heavy atom. The molecule has 3 aromatic carbocycles. The van der Waals surface area contributed by atoms with E-state index in [-0.39, 0.29) is 45.2 Å². The fourth-order valence-corrected chi connectivity index (χ4v) is 4.71. The predicted octanol–water partition coefficient (Wildman–Crippen LogP) is 4.01. The summed E-state index contributed by atoms with van der Waals surface area (Å²) < 4.78 is 50.7. The lowest BCUT2D eigenvalue weighted by molar-refractivity contribution is 0.418. The molecule has 0 amide bonds. The van der Waals surface area contributed by atoms with Crippen molar-refractivity contribution in [3.8, 4) is 22.9 Å². The number of hydrogen-bond donors (Lipinski definition) is 0. The van der Waals surface area contributed by atoms with E-state index in [1.54, 1.807) is 19.2 Å². The lowest BCUT2D eigenvalue weighted by atomic mass is 10.0. The van der Waals surface area contributed by atoms with E-state index in [0.717, 1.165) is 21.3 Å². The van der Waals surface area contributed by atoms with E-state index in [4.69, 9.17) is 16.3 Å². The minimum atomic E-state index is -1.65. The Morgan fingerprint density at radius 3 is 2.40 bits per heavy atom. The molecule has 0 aliphatic rings. The van der Waals surface area contributed by atoms with E-state index in [2.05, 4.69) is 10.1 Å². The molecule has 0 radical (unpaired) electrons.